The normalized spacial score (nSPS) is 9.45. The van der Waals surface area contributed by atoms with Gasteiger partial charge in [-0.15, -0.1) is 0 Å². The van der Waals surface area contributed by atoms with E-state index >= 15 is 0 Å². The minimum atomic E-state index is 0.713. The van der Waals surface area contributed by atoms with Gasteiger partial charge in [0.05, 0.1) is 6.07 Å². The van der Waals surface area contributed by atoms with E-state index in [1.54, 1.807) is 7.11 Å². The van der Waals surface area contributed by atoms with Crippen LogP contribution in [0.25, 0.3) is 0 Å². The lowest BCUT2D eigenvalue weighted by molar-refractivity contribution is 0.192. The molecule has 0 aromatic rings. The molecule has 0 aliphatic carbocycles. The zero-order valence-electron chi connectivity index (χ0n) is 7.31. The predicted octanol–water partition coefficient (Wildman–Crippen LogP) is 2.50. The van der Waals surface area contributed by atoms with Crippen LogP contribution in [0.1, 0.15) is 38.5 Å². The van der Waals surface area contributed by atoms with Crippen molar-refractivity contribution in [2.75, 3.05) is 13.7 Å². The Hall–Kier alpha value is -0.550. The molecule has 0 fully saturated rings. The Kier molecular flexibility index (Phi) is 8.98. The summed E-state index contributed by atoms with van der Waals surface area (Å²) in [5.74, 6) is 0. The van der Waals surface area contributed by atoms with Crippen molar-refractivity contribution in [1.29, 1.82) is 5.26 Å². The molecular formula is C9H17NO. The SMILES string of the molecule is COCCCCCCCC#N. The Balaban J connectivity index is 2.75. The first kappa shape index (κ1) is 10.4. The van der Waals surface area contributed by atoms with E-state index in [1.807, 2.05) is 0 Å². The second kappa shape index (κ2) is 9.45. The van der Waals surface area contributed by atoms with E-state index in [0.29, 0.717) is 6.42 Å². The molecule has 2 nitrogen and oxygen atoms in total. The Bertz CT molecular complexity index is 107. The molecule has 0 rings (SSSR count). The Morgan fingerprint density at radius 3 is 2.36 bits per heavy atom. The molecule has 0 heterocycles. The van der Waals surface area contributed by atoms with Gasteiger partial charge in [0.15, 0.2) is 0 Å². The fourth-order valence-electron chi connectivity index (χ4n) is 0.981. The first-order valence-electron chi connectivity index (χ1n) is 4.27. The summed E-state index contributed by atoms with van der Waals surface area (Å²) in [6.45, 7) is 0.873. The van der Waals surface area contributed by atoms with Crippen LogP contribution >= 0.6 is 0 Å². The molecule has 0 aliphatic heterocycles. The third-order valence-corrected chi connectivity index (χ3v) is 1.64. The molecule has 0 amide bonds. The van der Waals surface area contributed by atoms with Gasteiger partial charge < -0.3 is 4.74 Å². The van der Waals surface area contributed by atoms with Crippen LogP contribution in [0.4, 0.5) is 0 Å². The third-order valence-electron chi connectivity index (χ3n) is 1.64. The van der Waals surface area contributed by atoms with Crippen LogP contribution < -0.4 is 0 Å². The lowest BCUT2D eigenvalue weighted by Gasteiger charge is -1.97. The number of unbranched alkanes of at least 4 members (excludes halogenated alkanes) is 5. The number of hydrogen-bond donors (Lipinski definition) is 0. The predicted molar refractivity (Wildman–Crippen MR) is 45.2 cm³/mol. The standard InChI is InChI=1S/C9H17NO/c1-11-9-7-5-3-2-4-6-8-10/h2-7,9H2,1H3. The van der Waals surface area contributed by atoms with Crippen molar-refractivity contribution >= 4 is 0 Å². The van der Waals surface area contributed by atoms with E-state index in [-0.39, 0.29) is 0 Å². The zero-order valence-corrected chi connectivity index (χ0v) is 7.31. The van der Waals surface area contributed by atoms with E-state index in [2.05, 4.69) is 6.07 Å². The van der Waals surface area contributed by atoms with Crippen LogP contribution in [0, 0.1) is 11.3 Å². The van der Waals surface area contributed by atoms with E-state index in [0.717, 1.165) is 19.4 Å². The lowest BCUT2D eigenvalue weighted by atomic mass is 10.1. The van der Waals surface area contributed by atoms with Gasteiger partial charge in [-0.3, -0.25) is 0 Å². The fourth-order valence-corrected chi connectivity index (χ4v) is 0.981. The first-order valence-corrected chi connectivity index (χ1v) is 4.27. The summed E-state index contributed by atoms with van der Waals surface area (Å²) in [7, 11) is 1.73. The molecule has 0 aliphatic rings. The van der Waals surface area contributed by atoms with Crippen LogP contribution in [-0.2, 0) is 4.74 Å². The van der Waals surface area contributed by atoms with Crippen LogP contribution in [-0.4, -0.2) is 13.7 Å². The van der Waals surface area contributed by atoms with Crippen molar-refractivity contribution in [3.63, 3.8) is 0 Å². The quantitative estimate of drug-likeness (QED) is 0.529. The van der Waals surface area contributed by atoms with Gasteiger partial charge in [-0.2, -0.15) is 5.26 Å². The number of nitriles is 1. The Morgan fingerprint density at radius 2 is 1.73 bits per heavy atom. The fraction of sp³-hybridized carbons (Fsp3) is 0.889. The minimum absolute atomic E-state index is 0.713. The van der Waals surface area contributed by atoms with E-state index in [4.69, 9.17) is 10.00 Å². The molecule has 64 valence electrons. The zero-order chi connectivity index (χ0) is 8.36. The molecule has 0 radical (unpaired) electrons. The van der Waals surface area contributed by atoms with Gasteiger partial charge in [0.25, 0.3) is 0 Å². The molecule has 0 spiro atoms. The number of hydrogen-bond acceptors (Lipinski definition) is 2. The van der Waals surface area contributed by atoms with E-state index in [1.165, 1.54) is 19.3 Å². The maximum Gasteiger partial charge on any atom is 0.0621 e. The summed E-state index contributed by atoms with van der Waals surface area (Å²) >= 11 is 0. The van der Waals surface area contributed by atoms with Crippen molar-refractivity contribution in [1.82, 2.24) is 0 Å². The van der Waals surface area contributed by atoms with Gasteiger partial charge in [-0.25, -0.2) is 0 Å². The van der Waals surface area contributed by atoms with Crippen LogP contribution in [0.2, 0.25) is 0 Å². The molecule has 0 aromatic heterocycles. The number of ether oxygens (including phenoxy) is 1. The highest BCUT2D eigenvalue weighted by Gasteiger charge is 1.89. The number of nitrogens with zero attached hydrogens (tertiary/aromatic N) is 1. The second-order valence-corrected chi connectivity index (χ2v) is 2.67. The van der Waals surface area contributed by atoms with Crippen LogP contribution in [0.15, 0.2) is 0 Å². The smallest absolute Gasteiger partial charge is 0.0621 e. The molecule has 11 heavy (non-hydrogen) atoms. The van der Waals surface area contributed by atoms with Crippen LogP contribution in [0.3, 0.4) is 0 Å². The molecule has 0 saturated heterocycles. The maximum atomic E-state index is 8.24. The van der Waals surface area contributed by atoms with Crippen molar-refractivity contribution in [2.24, 2.45) is 0 Å². The summed E-state index contributed by atoms with van der Waals surface area (Å²) in [5.41, 5.74) is 0. The molecule has 0 aromatic carbocycles. The Labute approximate surface area is 69.2 Å². The van der Waals surface area contributed by atoms with E-state index in [9.17, 15) is 0 Å². The average Bonchev–Trinajstić information content (AvgIpc) is 2.03. The van der Waals surface area contributed by atoms with Gasteiger partial charge in [0.2, 0.25) is 0 Å². The number of methoxy groups -OCH3 is 1. The summed E-state index contributed by atoms with van der Waals surface area (Å²) in [6.07, 6.45) is 6.60. The summed E-state index contributed by atoms with van der Waals surface area (Å²) in [5, 5.41) is 8.24. The highest BCUT2D eigenvalue weighted by molar-refractivity contribution is 4.67. The third kappa shape index (κ3) is 9.45. The monoisotopic (exact) mass is 155 g/mol. The maximum absolute atomic E-state index is 8.24. The van der Waals surface area contributed by atoms with E-state index < -0.39 is 0 Å². The second-order valence-electron chi connectivity index (χ2n) is 2.67. The summed E-state index contributed by atoms with van der Waals surface area (Å²) in [6, 6.07) is 2.15. The molecule has 2 heteroatoms. The molecule has 0 N–H and O–H groups in total. The molecule has 0 saturated carbocycles. The molecule has 0 bridgehead atoms. The van der Waals surface area contributed by atoms with Gasteiger partial charge >= 0.3 is 0 Å². The summed E-state index contributed by atoms with van der Waals surface area (Å²) < 4.78 is 4.92. The highest BCUT2D eigenvalue weighted by atomic mass is 16.5. The van der Waals surface area contributed by atoms with Crippen molar-refractivity contribution < 1.29 is 4.74 Å². The largest absolute Gasteiger partial charge is 0.385 e. The molecule has 0 atom stereocenters. The topological polar surface area (TPSA) is 33.0 Å². The van der Waals surface area contributed by atoms with Gasteiger partial charge in [-0.1, -0.05) is 19.3 Å². The number of rotatable bonds is 7. The highest BCUT2D eigenvalue weighted by Crippen LogP contribution is 2.04. The summed E-state index contributed by atoms with van der Waals surface area (Å²) in [4.78, 5) is 0. The van der Waals surface area contributed by atoms with Crippen molar-refractivity contribution in [3.8, 4) is 6.07 Å². The van der Waals surface area contributed by atoms with Gasteiger partial charge in [0, 0.05) is 20.1 Å². The minimum Gasteiger partial charge on any atom is -0.385 e. The lowest BCUT2D eigenvalue weighted by Crippen LogP contribution is -1.87. The molecule has 0 unspecified atom stereocenters. The van der Waals surface area contributed by atoms with Crippen LogP contribution in [0.5, 0.6) is 0 Å². The van der Waals surface area contributed by atoms with Crippen molar-refractivity contribution in [3.05, 3.63) is 0 Å². The first-order chi connectivity index (χ1) is 5.41. The average molecular weight is 155 g/mol. The Morgan fingerprint density at radius 1 is 1.09 bits per heavy atom. The molecular weight excluding hydrogens is 138 g/mol. The van der Waals surface area contributed by atoms with Gasteiger partial charge in [0.1, 0.15) is 0 Å². The van der Waals surface area contributed by atoms with Gasteiger partial charge in [-0.05, 0) is 12.8 Å². The van der Waals surface area contributed by atoms with Crippen molar-refractivity contribution in [2.45, 2.75) is 38.5 Å².